The second-order valence-corrected chi connectivity index (χ2v) is 7.16. The minimum Gasteiger partial charge on any atom is -0.376 e. The Morgan fingerprint density at radius 3 is 2.58 bits per heavy atom. The Balaban J connectivity index is 1.62. The van der Waals surface area contributed by atoms with Gasteiger partial charge in [0.05, 0.1) is 11.7 Å². The molecule has 3 N–H and O–H groups in total. The first-order valence-corrected chi connectivity index (χ1v) is 9.28. The lowest BCUT2D eigenvalue weighted by Gasteiger charge is -2.23. The highest BCUT2D eigenvalue weighted by Gasteiger charge is 2.22. The number of fused-ring (bicyclic) bond motifs is 1. The van der Waals surface area contributed by atoms with E-state index in [1.54, 1.807) is 0 Å². The molecule has 4 heteroatoms. The summed E-state index contributed by atoms with van der Waals surface area (Å²) in [5.74, 6) is 0.980. The van der Waals surface area contributed by atoms with Gasteiger partial charge in [-0.1, -0.05) is 37.5 Å². The molecule has 1 saturated carbocycles. The van der Waals surface area contributed by atoms with Gasteiger partial charge in [0.1, 0.15) is 0 Å². The van der Waals surface area contributed by atoms with Gasteiger partial charge < -0.3 is 11.1 Å². The molecule has 1 aliphatic carbocycles. The maximum atomic E-state index is 6.06. The van der Waals surface area contributed by atoms with E-state index < -0.39 is 0 Å². The largest absolute Gasteiger partial charge is 0.376 e. The second kappa shape index (κ2) is 6.80. The van der Waals surface area contributed by atoms with Gasteiger partial charge in [0.2, 0.25) is 5.95 Å². The van der Waals surface area contributed by atoms with Crippen LogP contribution < -0.4 is 11.1 Å². The van der Waals surface area contributed by atoms with E-state index in [2.05, 4.69) is 45.6 Å². The molecule has 0 radical (unpaired) electrons. The fourth-order valence-electron chi connectivity index (χ4n) is 4.15. The number of benzene rings is 1. The Labute approximate surface area is 143 Å². The molecular formula is C20H26N4. The highest BCUT2D eigenvalue weighted by Crippen LogP contribution is 2.35. The normalized spacial score (nSPS) is 21.6. The quantitative estimate of drug-likeness (QED) is 0.848. The van der Waals surface area contributed by atoms with E-state index >= 15 is 0 Å². The van der Waals surface area contributed by atoms with Gasteiger partial charge >= 0.3 is 0 Å². The average Bonchev–Trinajstić information content (AvgIpc) is 2.84. The summed E-state index contributed by atoms with van der Waals surface area (Å²) in [6.07, 6.45) is 9.79. The topological polar surface area (TPSA) is 63.8 Å². The molecule has 1 fully saturated rings. The number of hydrogen-bond donors (Lipinski definition) is 2. The summed E-state index contributed by atoms with van der Waals surface area (Å²) in [4.78, 5) is 9.13. The number of aryl methyl sites for hydroxylation is 1. The van der Waals surface area contributed by atoms with Crippen LogP contribution in [0.1, 0.15) is 73.9 Å². The van der Waals surface area contributed by atoms with Crippen molar-refractivity contribution >= 4 is 11.6 Å². The number of nitrogens with one attached hydrogen (secondary N) is 1. The Hall–Kier alpha value is -2.10. The molecule has 126 valence electrons. The van der Waals surface area contributed by atoms with Crippen molar-refractivity contribution in [3.63, 3.8) is 0 Å². The van der Waals surface area contributed by atoms with Crippen molar-refractivity contribution in [3.8, 4) is 0 Å². The lowest BCUT2D eigenvalue weighted by molar-refractivity contribution is 0.436. The minimum atomic E-state index is 0.223. The van der Waals surface area contributed by atoms with Crippen LogP contribution in [0, 0.1) is 0 Å². The van der Waals surface area contributed by atoms with Gasteiger partial charge in [-0.05, 0) is 49.8 Å². The highest BCUT2D eigenvalue weighted by molar-refractivity contribution is 5.53. The van der Waals surface area contributed by atoms with E-state index in [4.69, 9.17) is 5.73 Å². The van der Waals surface area contributed by atoms with Gasteiger partial charge in [-0.3, -0.25) is 0 Å². The fourth-order valence-corrected chi connectivity index (χ4v) is 4.15. The number of nitrogens with two attached hydrogens (primary N) is 1. The summed E-state index contributed by atoms with van der Waals surface area (Å²) < 4.78 is 0. The molecular weight excluding hydrogens is 296 g/mol. The van der Waals surface area contributed by atoms with Gasteiger partial charge in [-0.2, -0.15) is 0 Å². The molecule has 1 aromatic heterocycles. The van der Waals surface area contributed by atoms with Gasteiger partial charge in [0.15, 0.2) is 0 Å². The Kier molecular flexibility index (Phi) is 4.37. The molecule has 4 rings (SSSR count). The minimum absolute atomic E-state index is 0.223. The number of aromatic nitrogens is 2. The van der Waals surface area contributed by atoms with Crippen LogP contribution in [-0.4, -0.2) is 9.97 Å². The molecule has 2 aromatic rings. The molecule has 0 amide bonds. The highest BCUT2D eigenvalue weighted by atomic mass is 15.0. The molecule has 1 aliphatic heterocycles. The first kappa shape index (κ1) is 15.4. The lowest BCUT2D eigenvalue weighted by atomic mass is 9.86. The molecule has 0 saturated heterocycles. The zero-order chi connectivity index (χ0) is 16.4. The lowest BCUT2D eigenvalue weighted by Crippen LogP contribution is -2.16. The van der Waals surface area contributed by atoms with Crippen LogP contribution in [0.2, 0.25) is 0 Å². The molecule has 4 nitrogen and oxygen atoms in total. The number of nitrogens with zero attached hydrogens (tertiary/aromatic N) is 2. The summed E-state index contributed by atoms with van der Waals surface area (Å²) in [6, 6.07) is 11.0. The van der Waals surface area contributed by atoms with Crippen LogP contribution in [0.3, 0.4) is 0 Å². The summed E-state index contributed by atoms with van der Waals surface area (Å²) in [5.41, 5.74) is 10.9. The van der Waals surface area contributed by atoms with Crippen molar-refractivity contribution < 1.29 is 0 Å². The smallest absolute Gasteiger partial charge is 0.220 e. The van der Waals surface area contributed by atoms with Crippen LogP contribution in [0.15, 0.2) is 30.3 Å². The predicted octanol–water partition coefficient (Wildman–Crippen LogP) is 4.60. The number of nitrogen functional groups attached to an aromatic ring is 1. The van der Waals surface area contributed by atoms with Gasteiger partial charge in [-0.25, -0.2) is 9.97 Å². The number of para-hydroxylation sites is 1. The van der Waals surface area contributed by atoms with Crippen LogP contribution in [0.4, 0.5) is 11.6 Å². The fraction of sp³-hybridized carbons (Fsp3) is 0.500. The third-order valence-corrected chi connectivity index (χ3v) is 5.45. The van der Waals surface area contributed by atoms with Gasteiger partial charge in [0, 0.05) is 17.3 Å². The van der Waals surface area contributed by atoms with Gasteiger partial charge in [0.25, 0.3) is 0 Å². The monoisotopic (exact) mass is 322 g/mol. The predicted molar refractivity (Wildman–Crippen MR) is 98.0 cm³/mol. The van der Waals surface area contributed by atoms with Crippen molar-refractivity contribution in [2.24, 2.45) is 0 Å². The standard InChI is InChI=1S/C20H26N4/c21-20-23-18(15-7-2-1-3-8-15)13-19(24-20)17-12-6-10-14-9-4-5-11-16(14)22-17/h4-5,9,11,13,15,17,22H,1-3,6-8,10,12H2,(H2,21,23,24). The average molecular weight is 322 g/mol. The van der Waals surface area contributed by atoms with E-state index in [1.807, 2.05) is 0 Å². The summed E-state index contributed by atoms with van der Waals surface area (Å²) in [5, 5.41) is 3.69. The van der Waals surface area contributed by atoms with Crippen molar-refractivity contribution in [2.75, 3.05) is 11.1 Å². The van der Waals surface area contributed by atoms with Crippen molar-refractivity contribution in [1.82, 2.24) is 9.97 Å². The Morgan fingerprint density at radius 1 is 0.917 bits per heavy atom. The number of rotatable bonds is 2. The maximum Gasteiger partial charge on any atom is 0.220 e. The third-order valence-electron chi connectivity index (χ3n) is 5.45. The third kappa shape index (κ3) is 3.23. The van der Waals surface area contributed by atoms with Crippen LogP contribution in [0.25, 0.3) is 0 Å². The first-order chi connectivity index (χ1) is 11.8. The zero-order valence-electron chi connectivity index (χ0n) is 14.2. The van der Waals surface area contributed by atoms with E-state index in [1.165, 1.54) is 43.4 Å². The summed E-state index contributed by atoms with van der Waals surface area (Å²) >= 11 is 0. The van der Waals surface area contributed by atoms with Crippen LogP contribution in [0.5, 0.6) is 0 Å². The number of anilines is 2. The second-order valence-electron chi connectivity index (χ2n) is 7.16. The molecule has 1 atom stereocenters. The first-order valence-electron chi connectivity index (χ1n) is 9.28. The molecule has 1 unspecified atom stereocenters. The van der Waals surface area contributed by atoms with E-state index in [0.29, 0.717) is 11.9 Å². The molecule has 0 bridgehead atoms. The molecule has 1 aromatic carbocycles. The summed E-state index contributed by atoms with van der Waals surface area (Å²) in [6.45, 7) is 0. The van der Waals surface area contributed by atoms with Crippen LogP contribution >= 0.6 is 0 Å². The molecule has 0 spiro atoms. The molecule has 2 aliphatic rings. The van der Waals surface area contributed by atoms with E-state index in [0.717, 1.165) is 30.7 Å². The van der Waals surface area contributed by atoms with Crippen LogP contribution in [-0.2, 0) is 6.42 Å². The van der Waals surface area contributed by atoms with Crippen molar-refractivity contribution in [1.29, 1.82) is 0 Å². The SMILES string of the molecule is Nc1nc(C2CCCCC2)cc(C2CCCc3ccccc3N2)n1. The summed E-state index contributed by atoms with van der Waals surface area (Å²) in [7, 11) is 0. The Morgan fingerprint density at radius 2 is 1.71 bits per heavy atom. The maximum absolute atomic E-state index is 6.06. The number of hydrogen-bond acceptors (Lipinski definition) is 4. The van der Waals surface area contributed by atoms with Crippen molar-refractivity contribution in [3.05, 3.63) is 47.3 Å². The van der Waals surface area contributed by atoms with E-state index in [-0.39, 0.29) is 6.04 Å². The Bertz CT molecular complexity index is 707. The zero-order valence-corrected chi connectivity index (χ0v) is 14.2. The van der Waals surface area contributed by atoms with Crippen molar-refractivity contribution in [2.45, 2.75) is 63.3 Å². The molecule has 24 heavy (non-hydrogen) atoms. The molecule has 2 heterocycles. The van der Waals surface area contributed by atoms with E-state index in [9.17, 15) is 0 Å². The van der Waals surface area contributed by atoms with Gasteiger partial charge in [-0.15, -0.1) is 0 Å².